The third-order valence-electron chi connectivity index (χ3n) is 4.38. The lowest BCUT2D eigenvalue weighted by Gasteiger charge is -2.27. The van der Waals surface area contributed by atoms with Crippen molar-refractivity contribution in [3.05, 3.63) is 80.0 Å². The summed E-state index contributed by atoms with van der Waals surface area (Å²) in [6.45, 7) is 0. The van der Waals surface area contributed by atoms with Crippen molar-refractivity contribution in [1.82, 2.24) is 5.32 Å². The SMILES string of the molecule is O=C1NC(=O)N(c2cccc(Cl)c2Cl)C(=O)/C1=C/c1ccc(-c2cc(Cl)ccc2Cl)o1. The molecule has 0 unspecified atom stereocenters. The van der Waals surface area contributed by atoms with Gasteiger partial charge in [0, 0.05) is 10.6 Å². The van der Waals surface area contributed by atoms with Crippen LogP contribution >= 0.6 is 46.4 Å². The lowest BCUT2D eigenvalue weighted by molar-refractivity contribution is -0.122. The number of benzene rings is 2. The molecule has 156 valence electrons. The molecule has 6 nitrogen and oxygen atoms in total. The number of anilines is 1. The molecule has 4 amide bonds. The van der Waals surface area contributed by atoms with Gasteiger partial charge < -0.3 is 4.42 Å². The van der Waals surface area contributed by atoms with Crippen molar-refractivity contribution in [2.24, 2.45) is 0 Å². The summed E-state index contributed by atoms with van der Waals surface area (Å²) in [4.78, 5) is 38.4. The highest BCUT2D eigenvalue weighted by Gasteiger charge is 2.38. The van der Waals surface area contributed by atoms with E-state index in [4.69, 9.17) is 50.8 Å². The van der Waals surface area contributed by atoms with Crippen LogP contribution in [0.3, 0.4) is 0 Å². The molecule has 1 aromatic heterocycles. The Morgan fingerprint density at radius 2 is 1.68 bits per heavy atom. The van der Waals surface area contributed by atoms with Gasteiger partial charge >= 0.3 is 6.03 Å². The summed E-state index contributed by atoms with van der Waals surface area (Å²) in [6, 6.07) is 11.6. The standard InChI is InChI=1S/C21H10Cl4N2O4/c22-10-4-6-14(23)12(8-10)17-7-5-11(31-17)9-13-19(28)26-21(30)27(20(13)29)16-3-1-2-15(24)18(16)25/h1-9H,(H,26,28,30)/b13-9+. The zero-order valence-corrected chi connectivity index (χ0v) is 18.3. The number of carbonyl (C=O) groups excluding carboxylic acids is 3. The van der Waals surface area contributed by atoms with E-state index in [9.17, 15) is 14.4 Å². The summed E-state index contributed by atoms with van der Waals surface area (Å²) in [7, 11) is 0. The van der Waals surface area contributed by atoms with Gasteiger partial charge in [0.2, 0.25) is 0 Å². The first-order chi connectivity index (χ1) is 14.8. The van der Waals surface area contributed by atoms with Gasteiger partial charge in [-0.3, -0.25) is 14.9 Å². The van der Waals surface area contributed by atoms with Crippen LogP contribution in [-0.2, 0) is 9.59 Å². The predicted molar refractivity (Wildman–Crippen MR) is 120 cm³/mol. The van der Waals surface area contributed by atoms with E-state index in [1.54, 1.807) is 30.3 Å². The van der Waals surface area contributed by atoms with Crippen LogP contribution < -0.4 is 10.2 Å². The van der Waals surface area contributed by atoms with Crippen molar-refractivity contribution >= 4 is 76.0 Å². The average Bonchev–Trinajstić information content (AvgIpc) is 3.18. The van der Waals surface area contributed by atoms with Crippen molar-refractivity contribution in [3.8, 4) is 11.3 Å². The number of hydrogen-bond donors (Lipinski definition) is 1. The molecule has 2 heterocycles. The Labute approximate surface area is 195 Å². The molecule has 1 N–H and O–H groups in total. The average molecular weight is 496 g/mol. The summed E-state index contributed by atoms with van der Waals surface area (Å²) in [5, 5.41) is 3.13. The van der Waals surface area contributed by atoms with Crippen LogP contribution in [0.25, 0.3) is 17.4 Å². The van der Waals surface area contributed by atoms with Crippen molar-refractivity contribution in [2.45, 2.75) is 0 Å². The van der Waals surface area contributed by atoms with E-state index in [1.165, 1.54) is 24.3 Å². The second kappa shape index (κ2) is 8.40. The highest BCUT2D eigenvalue weighted by molar-refractivity contribution is 6.46. The molecule has 0 atom stereocenters. The van der Waals surface area contributed by atoms with Gasteiger partial charge in [-0.15, -0.1) is 0 Å². The maximum atomic E-state index is 13.0. The third-order valence-corrected chi connectivity index (χ3v) is 5.75. The predicted octanol–water partition coefficient (Wildman–Crippen LogP) is 6.23. The number of furan rings is 1. The van der Waals surface area contributed by atoms with E-state index in [0.717, 1.165) is 4.90 Å². The molecule has 3 aromatic rings. The lowest BCUT2D eigenvalue weighted by atomic mass is 10.1. The fourth-order valence-electron chi connectivity index (χ4n) is 2.95. The Morgan fingerprint density at radius 1 is 0.903 bits per heavy atom. The second-order valence-electron chi connectivity index (χ2n) is 6.36. The second-order valence-corrected chi connectivity index (χ2v) is 7.99. The lowest BCUT2D eigenvalue weighted by Crippen LogP contribution is -2.54. The number of rotatable bonds is 3. The van der Waals surface area contributed by atoms with E-state index >= 15 is 0 Å². The molecule has 0 saturated carbocycles. The number of urea groups is 1. The first kappa shape index (κ1) is 21.5. The molecule has 2 aromatic carbocycles. The van der Waals surface area contributed by atoms with Crippen LogP contribution in [0, 0.1) is 0 Å². The summed E-state index contributed by atoms with van der Waals surface area (Å²) in [5.41, 5.74) is 0.260. The molecule has 1 aliphatic rings. The Hall–Kier alpha value is -2.77. The largest absolute Gasteiger partial charge is 0.457 e. The smallest absolute Gasteiger partial charge is 0.336 e. The number of nitrogens with zero attached hydrogens (tertiary/aromatic N) is 1. The zero-order chi connectivity index (χ0) is 22.3. The number of nitrogens with one attached hydrogen (secondary N) is 1. The van der Waals surface area contributed by atoms with Gasteiger partial charge in [0.25, 0.3) is 11.8 Å². The number of carbonyl (C=O) groups is 3. The first-order valence-corrected chi connectivity index (χ1v) is 10.2. The van der Waals surface area contributed by atoms with E-state index in [-0.39, 0.29) is 27.1 Å². The van der Waals surface area contributed by atoms with Crippen LogP contribution in [-0.4, -0.2) is 17.8 Å². The number of imide groups is 2. The van der Waals surface area contributed by atoms with Gasteiger partial charge in [0.1, 0.15) is 17.1 Å². The van der Waals surface area contributed by atoms with Gasteiger partial charge in [-0.2, -0.15) is 0 Å². The van der Waals surface area contributed by atoms with E-state index < -0.39 is 17.8 Å². The van der Waals surface area contributed by atoms with E-state index in [0.29, 0.717) is 21.4 Å². The van der Waals surface area contributed by atoms with Crippen molar-refractivity contribution in [2.75, 3.05) is 4.90 Å². The summed E-state index contributed by atoms with van der Waals surface area (Å²) in [6.07, 6.45) is 1.22. The number of halogens is 4. The van der Waals surface area contributed by atoms with Crippen LogP contribution in [0.15, 0.2) is 58.5 Å². The van der Waals surface area contributed by atoms with Gasteiger partial charge in [-0.25, -0.2) is 9.69 Å². The maximum Gasteiger partial charge on any atom is 0.336 e. The Balaban J connectivity index is 1.72. The van der Waals surface area contributed by atoms with Crippen molar-refractivity contribution in [1.29, 1.82) is 0 Å². The third kappa shape index (κ3) is 4.07. The van der Waals surface area contributed by atoms with Gasteiger partial charge in [-0.1, -0.05) is 52.5 Å². The monoisotopic (exact) mass is 494 g/mol. The molecule has 0 aliphatic carbocycles. The van der Waals surface area contributed by atoms with Gasteiger partial charge in [-0.05, 0) is 48.5 Å². The fraction of sp³-hybridized carbons (Fsp3) is 0. The molecular weight excluding hydrogens is 486 g/mol. The van der Waals surface area contributed by atoms with Crippen LogP contribution in [0.4, 0.5) is 10.5 Å². The minimum absolute atomic E-state index is 0.00255. The van der Waals surface area contributed by atoms with Crippen molar-refractivity contribution in [3.63, 3.8) is 0 Å². The first-order valence-electron chi connectivity index (χ1n) is 8.67. The molecule has 1 aliphatic heterocycles. The number of hydrogen-bond acceptors (Lipinski definition) is 4. The zero-order valence-electron chi connectivity index (χ0n) is 15.3. The topological polar surface area (TPSA) is 79.6 Å². The van der Waals surface area contributed by atoms with Crippen LogP contribution in [0.5, 0.6) is 0 Å². The molecular formula is C21H10Cl4N2O4. The molecule has 4 rings (SSSR count). The Bertz CT molecular complexity index is 1280. The summed E-state index contributed by atoms with van der Waals surface area (Å²) >= 11 is 24.3. The van der Waals surface area contributed by atoms with Gasteiger partial charge in [0.05, 0.1) is 20.8 Å². The number of barbiturate groups is 1. The van der Waals surface area contributed by atoms with Gasteiger partial charge in [0.15, 0.2) is 0 Å². The molecule has 1 saturated heterocycles. The van der Waals surface area contributed by atoms with E-state index in [1.807, 2.05) is 0 Å². The highest BCUT2D eigenvalue weighted by Crippen LogP contribution is 2.35. The quantitative estimate of drug-likeness (QED) is 0.345. The Kier molecular flexibility index (Phi) is 5.81. The Morgan fingerprint density at radius 3 is 2.45 bits per heavy atom. The molecule has 31 heavy (non-hydrogen) atoms. The molecule has 0 spiro atoms. The molecule has 10 heteroatoms. The minimum atomic E-state index is -0.942. The molecule has 0 radical (unpaired) electrons. The van der Waals surface area contributed by atoms with E-state index in [2.05, 4.69) is 5.32 Å². The minimum Gasteiger partial charge on any atom is -0.457 e. The van der Waals surface area contributed by atoms with Crippen molar-refractivity contribution < 1.29 is 18.8 Å². The fourth-order valence-corrected chi connectivity index (χ4v) is 3.71. The maximum absolute atomic E-state index is 13.0. The van der Waals surface area contributed by atoms with Crippen LogP contribution in [0.1, 0.15) is 5.76 Å². The van der Waals surface area contributed by atoms with Crippen LogP contribution in [0.2, 0.25) is 20.1 Å². The number of amides is 4. The summed E-state index contributed by atoms with van der Waals surface area (Å²) in [5.74, 6) is -1.18. The summed E-state index contributed by atoms with van der Waals surface area (Å²) < 4.78 is 5.71. The normalized spacial score (nSPS) is 15.5. The molecule has 1 fully saturated rings. The highest BCUT2D eigenvalue weighted by atomic mass is 35.5. The molecule has 0 bridgehead atoms.